The number of carbonyl (C=O) groups excluding carboxylic acids is 2. The van der Waals surface area contributed by atoms with E-state index in [2.05, 4.69) is 5.32 Å². The standard InChI is InChI=1S/C20H36N2O4/c1-20(2,3)26-19(24)22-13-7-9-16(15-22)18(23)21-12-8-14-25-17-10-5-4-6-11-17/h16-17H,4-15H2,1-3H3,(H,21,23)/t16-/m0/s1. The van der Waals surface area contributed by atoms with Gasteiger partial charge in [0.1, 0.15) is 5.60 Å². The molecule has 0 spiro atoms. The number of piperidine rings is 1. The first-order chi connectivity index (χ1) is 12.3. The molecule has 0 unspecified atom stereocenters. The van der Waals surface area contributed by atoms with E-state index in [1.807, 2.05) is 20.8 Å². The van der Waals surface area contributed by atoms with E-state index >= 15 is 0 Å². The van der Waals surface area contributed by atoms with Crippen molar-refractivity contribution in [2.45, 2.75) is 83.8 Å². The van der Waals surface area contributed by atoms with Crippen LogP contribution in [0, 0.1) is 5.92 Å². The van der Waals surface area contributed by atoms with E-state index < -0.39 is 5.60 Å². The van der Waals surface area contributed by atoms with E-state index in [4.69, 9.17) is 9.47 Å². The average Bonchev–Trinajstić information content (AvgIpc) is 2.61. The zero-order chi connectivity index (χ0) is 19.0. The molecule has 2 rings (SSSR count). The highest BCUT2D eigenvalue weighted by Gasteiger charge is 2.30. The molecule has 2 amide bonds. The summed E-state index contributed by atoms with van der Waals surface area (Å²) < 4.78 is 11.3. The molecule has 1 heterocycles. The van der Waals surface area contributed by atoms with Gasteiger partial charge in [-0.05, 0) is 52.9 Å². The van der Waals surface area contributed by atoms with Crippen molar-refractivity contribution in [3.8, 4) is 0 Å². The molecule has 1 saturated heterocycles. The Morgan fingerprint density at radius 3 is 2.50 bits per heavy atom. The minimum Gasteiger partial charge on any atom is -0.444 e. The summed E-state index contributed by atoms with van der Waals surface area (Å²) in [7, 11) is 0. The maximum absolute atomic E-state index is 12.4. The number of nitrogens with zero attached hydrogens (tertiary/aromatic N) is 1. The van der Waals surface area contributed by atoms with Gasteiger partial charge in [-0.15, -0.1) is 0 Å². The summed E-state index contributed by atoms with van der Waals surface area (Å²) in [6.45, 7) is 8.01. The van der Waals surface area contributed by atoms with Crippen LogP contribution in [0.3, 0.4) is 0 Å². The van der Waals surface area contributed by atoms with E-state index in [0.29, 0.717) is 32.3 Å². The molecular weight excluding hydrogens is 332 g/mol. The van der Waals surface area contributed by atoms with E-state index in [1.165, 1.54) is 32.1 Å². The van der Waals surface area contributed by atoms with Crippen LogP contribution >= 0.6 is 0 Å². The highest BCUT2D eigenvalue weighted by Crippen LogP contribution is 2.21. The molecule has 6 nitrogen and oxygen atoms in total. The van der Waals surface area contributed by atoms with Crippen LogP contribution < -0.4 is 5.32 Å². The van der Waals surface area contributed by atoms with Crippen molar-refractivity contribution in [3.05, 3.63) is 0 Å². The van der Waals surface area contributed by atoms with Gasteiger partial charge in [-0.2, -0.15) is 0 Å². The summed E-state index contributed by atoms with van der Waals surface area (Å²) in [5, 5.41) is 3.00. The minimum atomic E-state index is -0.509. The first-order valence-electron chi connectivity index (χ1n) is 10.2. The largest absolute Gasteiger partial charge is 0.444 e. The molecule has 1 aliphatic heterocycles. The van der Waals surface area contributed by atoms with E-state index in [9.17, 15) is 9.59 Å². The number of nitrogens with one attached hydrogen (secondary N) is 1. The normalized spacial score (nSPS) is 22.1. The third-order valence-electron chi connectivity index (χ3n) is 4.97. The van der Waals surface area contributed by atoms with Crippen molar-refractivity contribution in [2.75, 3.05) is 26.2 Å². The number of carbonyl (C=O) groups is 2. The predicted octanol–water partition coefficient (Wildman–Crippen LogP) is 3.49. The number of hydrogen-bond donors (Lipinski definition) is 1. The van der Waals surface area contributed by atoms with E-state index in [0.717, 1.165) is 19.3 Å². The maximum Gasteiger partial charge on any atom is 0.410 e. The van der Waals surface area contributed by atoms with Gasteiger partial charge < -0.3 is 19.7 Å². The van der Waals surface area contributed by atoms with Crippen LogP contribution in [0.5, 0.6) is 0 Å². The number of rotatable bonds is 6. The van der Waals surface area contributed by atoms with Crippen molar-refractivity contribution in [1.82, 2.24) is 10.2 Å². The number of amides is 2. The summed E-state index contributed by atoms with van der Waals surface area (Å²) in [4.78, 5) is 26.2. The Labute approximate surface area is 158 Å². The summed E-state index contributed by atoms with van der Waals surface area (Å²) in [6, 6.07) is 0. The summed E-state index contributed by atoms with van der Waals surface area (Å²) in [5.41, 5.74) is -0.509. The Hall–Kier alpha value is -1.30. The molecule has 150 valence electrons. The SMILES string of the molecule is CC(C)(C)OC(=O)N1CCC[C@H](C(=O)NCCCOC2CCCCC2)C1. The van der Waals surface area contributed by atoms with Crippen molar-refractivity contribution >= 4 is 12.0 Å². The molecule has 2 fully saturated rings. The molecule has 0 radical (unpaired) electrons. The third-order valence-corrected chi connectivity index (χ3v) is 4.97. The average molecular weight is 369 g/mol. The summed E-state index contributed by atoms with van der Waals surface area (Å²) >= 11 is 0. The Morgan fingerprint density at radius 2 is 1.81 bits per heavy atom. The van der Waals surface area contributed by atoms with Crippen LogP contribution in [0.15, 0.2) is 0 Å². The molecule has 1 saturated carbocycles. The molecular formula is C20H36N2O4. The van der Waals surface area contributed by atoms with Crippen LogP contribution in [0.2, 0.25) is 0 Å². The van der Waals surface area contributed by atoms with Gasteiger partial charge in [0.15, 0.2) is 0 Å². The molecule has 1 atom stereocenters. The smallest absolute Gasteiger partial charge is 0.410 e. The molecule has 0 bridgehead atoms. The topological polar surface area (TPSA) is 67.9 Å². The fourth-order valence-electron chi connectivity index (χ4n) is 3.59. The van der Waals surface area contributed by atoms with Crippen molar-refractivity contribution < 1.29 is 19.1 Å². The Bertz CT molecular complexity index is 455. The Morgan fingerprint density at radius 1 is 1.08 bits per heavy atom. The van der Waals surface area contributed by atoms with Crippen LogP contribution in [-0.2, 0) is 14.3 Å². The second-order valence-electron chi connectivity index (χ2n) is 8.54. The molecule has 1 aliphatic carbocycles. The lowest BCUT2D eigenvalue weighted by Crippen LogP contribution is -2.47. The fraction of sp³-hybridized carbons (Fsp3) is 0.900. The molecule has 26 heavy (non-hydrogen) atoms. The highest BCUT2D eigenvalue weighted by atomic mass is 16.6. The van der Waals surface area contributed by atoms with Crippen LogP contribution in [0.1, 0.15) is 72.1 Å². The van der Waals surface area contributed by atoms with Gasteiger partial charge in [0.05, 0.1) is 12.0 Å². The number of likely N-dealkylation sites (tertiary alicyclic amines) is 1. The molecule has 6 heteroatoms. The van der Waals surface area contributed by atoms with Gasteiger partial charge in [0, 0.05) is 26.2 Å². The quantitative estimate of drug-likeness (QED) is 0.729. The zero-order valence-corrected chi connectivity index (χ0v) is 16.7. The van der Waals surface area contributed by atoms with E-state index in [1.54, 1.807) is 4.90 Å². The van der Waals surface area contributed by atoms with Crippen LogP contribution in [-0.4, -0.2) is 54.8 Å². The minimum absolute atomic E-state index is 0.0379. The first kappa shape index (κ1) is 21.0. The van der Waals surface area contributed by atoms with Crippen LogP contribution in [0.4, 0.5) is 4.79 Å². The Kier molecular flexibility index (Phi) is 8.19. The lowest BCUT2D eigenvalue weighted by atomic mass is 9.97. The molecule has 1 N–H and O–H groups in total. The van der Waals surface area contributed by atoms with Crippen molar-refractivity contribution in [3.63, 3.8) is 0 Å². The lowest BCUT2D eigenvalue weighted by Gasteiger charge is -2.33. The van der Waals surface area contributed by atoms with Gasteiger partial charge in [-0.25, -0.2) is 4.79 Å². The Balaban J connectivity index is 1.62. The number of hydrogen-bond acceptors (Lipinski definition) is 4. The lowest BCUT2D eigenvalue weighted by molar-refractivity contribution is -0.126. The monoisotopic (exact) mass is 368 g/mol. The zero-order valence-electron chi connectivity index (χ0n) is 16.7. The molecule has 2 aliphatic rings. The second kappa shape index (κ2) is 10.1. The first-order valence-corrected chi connectivity index (χ1v) is 10.2. The van der Waals surface area contributed by atoms with Crippen LogP contribution in [0.25, 0.3) is 0 Å². The molecule has 0 aromatic rings. The maximum atomic E-state index is 12.4. The van der Waals surface area contributed by atoms with Gasteiger partial charge in [-0.3, -0.25) is 4.79 Å². The van der Waals surface area contributed by atoms with Crippen molar-refractivity contribution in [1.29, 1.82) is 0 Å². The van der Waals surface area contributed by atoms with Gasteiger partial charge in [0.2, 0.25) is 5.91 Å². The fourth-order valence-corrected chi connectivity index (χ4v) is 3.59. The molecule has 0 aromatic heterocycles. The van der Waals surface area contributed by atoms with Gasteiger partial charge >= 0.3 is 6.09 Å². The predicted molar refractivity (Wildman–Crippen MR) is 101 cm³/mol. The van der Waals surface area contributed by atoms with E-state index in [-0.39, 0.29) is 17.9 Å². The molecule has 0 aromatic carbocycles. The summed E-state index contributed by atoms with van der Waals surface area (Å²) in [6.07, 6.45) is 8.82. The second-order valence-corrected chi connectivity index (χ2v) is 8.54. The van der Waals surface area contributed by atoms with Gasteiger partial charge in [-0.1, -0.05) is 19.3 Å². The third kappa shape index (κ3) is 7.52. The van der Waals surface area contributed by atoms with Crippen molar-refractivity contribution in [2.24, 2.45) is 5.92 Å². The summed E-state index contributed by atoms with van der Waals surface area (Å²) in [5.74, 6) is -0.105. The number of ether oxygens (including phenoxy) is 2. The van der Waals surface area contributed by atoms with Gasteiger partial charge in [0.25, 0.3) is 0 Å². The highest BCUT2D eigenvalue weighted by molar-refractivity contribution is 5.80.